The summed E-state index contributed by atoms with van der Waals surface area (Å²) in [5, 5.41) is 28.9. The normalized spacial score (nSPS) is 21.5. The van der Waals surface area contributed by atoms with Gasteiger partial charge in [0.1, 0.15) is 35.6 Å². The van der Waals surface area contributed by atoms with Gasteiger partial charge in [-0.05, 0) is 24.3 Å². The number of halogens is 1. The van der Waals surface area contributed by atoms with E-state index in [-0.39, 0.29) is 12.3 Å². The highest BCUT2D eigenvalue weighted by atomic mass is 19.1. The van der Waals surface area contributed by atoms with E-state index < -0.39 is 36.8 Å². The minimum absolute atomic E-state index is 0.134. The zero-order chi connectivity index (χ0) is 26.5. The molecular weight excluding hydrogens is 481 g/mol. The van der Waals surface area contributed by atoms with Crippen LogP contribution in [0, 0.1) is 5.82 Å². The highest BCUT2D eigenvalue weighted by Gasteiger charge is 2.42. The minimum Gasteiger partial charge on any atom is -0.495 e. The van der Waals surface area contributed by atoms with E-state index in [1.165, 1.54) is 16.8 Å². The van der Waals surface area contributed by atoms with Crippen LogP contribution in [0.4, 0.5) is 10.1 Å². The molecule has 0 unspecified atom stereocenters. The number of rotatable bonds is 9. The third-order valence-electron chi connectivity index (χ3n) is 6.64. The fourth-order valence-electron chi connectivity index (χ4n) is 4.47. The summed E-state index contributed by atoms with van der Waals surface area (Å²) in [7, 11) is 5.22. The summed E-state index contributed by atoms with van der Waals surface area (Å²) in [4.78, 5) is 16.9. The number of nitrogens with zero attached hydrogens (tertiary/aromatic N) is 5. The molecule has 2 aromatic carbocycles. The van der Waals surface area contributed by atoms with Crippen LogP contribution in [-0.2, 0) is 9.53 Å². The number of carbonyl (C=O) groups is 1. The molecule has 0 saturated carbocycles. The molecular formula is C26H32FN5O5. The van der Waals surface area contributed by atoms with Gasteiger partial charge in [0.05, 0.1) is 31.6 Å². The molecule has 0 spiro atoms. The van der Waals surface area contributed by atoms with Crippen molar-refractivity contribution in [2.24, 2.45) is 0 Å². The predicted octanol–water partition coefficient (Wildman–Crippen LogP) is 1.74. The Labute approximate surface area is 214 Å². The van der Waals surface area contributed by atoms with Crippen molar-refractivity contribution in [1.29, 1.82) is 0 Å². The first-order valence-corrected chi connectivity index (χ1v) is 12.0. The first-order chi connectivity index (χ1) is 17.8. The second-order valence-corrected chi connectivity index (χ2v) is 9.09. The summed E-state index contributed by atoms with van der Waals surface area (Å²) >= 11 is 0. The molecule has 4 rings (SSSR count). The molecule has 1 fully saturated rings. The van der Waals surface area contributed by atoms with Gasteiger partial charge in [0, 0.05) is 39.2 Å². The van der Waals surface area contributed by atoms with Crippen LogP contribution in [-0.4, -0.2) is 95.2 Å². The average Bonchev–Trinajstić information content (AvgIpc) is 3.41. The SMILES string of the molecule is COc1ccccc1N(C)CCN(C)C(=O)[C@H]1C[C@@H](n2cc(-c3cccc(F)c3)nn2)[C@@H](O)[C@@H](CO)O1. The van der Waals surface area contributed by atoms with Crippen LogP contribution >= 0.6 is 0 Å². The molecule has 10 nitrogen and oxygen atoms in total. The van der Waals surface area contributed by atoms with Gasteiger partial charge in [0.2, 0.25) is 0 Å². The quantitative estimate of drug-likeness (QED) is 0.445. The number of para-hydroxylation sites is 2. The van der Waals surface area contributed by atoms with E-state index in [2.05, 4.69) is 10.3 Å². The Morgan fingerprint density at radius 2 is 2.00 bits per heavy atom. The Morgan fingerprint density at radius 3 is 2.73 bits per heavy atom. The van der Waals surface area contributed by atoms with E-state index >= 15 is 0 Å². The number of aliphatic hydroxyl groups excluding tert-OH is 2. The number of likely N-dealkylation sites (N-methyl/N-ethyl adjacent to an activating group) is 2. The van der Waals surface area contributed by atoms with Gasteiger partial charge in [-0.15, -0.1) is 5.10 Å². The van der Waals surface area contributed by atoms with Gasteiger partial charge in [-0.3, -0.25) is 4.79 Å². The number of amides is 1. The van der Waals surface area contributed by atoms with Crippen molar-refractivity contribution in [3.63, 3.8) is 0 Å². The monoisotopic (exact) mass is 513 g/mol. The standard InChI is InChI=1S/C26H32FN5O5/c1-30(20-9-4-5-10-22(20)36-3)11-12-31(2)26(35)23-14-21(25(34)24(16-33)37-23)32-15-19(28-29-32)17-7-6-8-18(27)13-17/h4-10,13,15,21,23-25,33-34H,11-12,14,16H2,1-3H3/t21-,23-,24-,25-/m1/s1. The second kappa shape index (κ2) is 11.7. The molecule has 11 heteroatoms. The van der Waals surface area contributed by atoms with Gasteiger partial charge in [0.15, 0.2) is 0 Å². The molecule has 2 N–H and O–H groups in total. The minimum atomic E-state index is -1.11. The van der Waals surface area contributed by atoms with Crippen molar-refractivity contribution < 1.29 is 28.9 Å². The molecule has 0 bridgehead atoms. The van der Waals surface area contributed by atoms with Crippen LogP contribution in [0.2, 0.25) is 0 Å². The smallest absolute Gasteiger partial charge is 0.251 e. The highest BCUT2D eigenvalue weighted by molar-refractivity contribution is 5.81. The summed E-state index contributed by atoms with van der Waals surface area (Å²) in [6, 6.07) is 12.9. The van der Waals surface area contributed by atoms with Crippen molar-refractivity contribution in [1.82, 2.24) is 19.9 Å². The number of hydrogen-bond acceptors (Lipinski definition) is 8. The Balaban J connectivity index is 1.44. The number of benzene rings is 2. The van der Waals surface area contributed by atoms with Gasteiger partial charge >= 0.3 is 0 Å². The van der Waals surface area contributed by atoms with E-state index in [1.54, 1.807) is 37.4 Å². The summed E-state index contributed by atoms with van der Waals surface area (Å²) in [5.41, 5.74) is 1.87. The molecule has 0 radical (unpaired) electrons. The Bertz CT molecular complexity index is 1210. The number of aliphatic hydroxyl groups is 2. The van der Waals surface area contributed by atoms with E-state index in [4.69, 9.17) is 9.47 Å². The number of anilines is 1. The molecule has 3 aromatic rings. The number of hydrogen-bond donors (Lipinski definition) is 2. The van der Waals surface area contributed by atoms with Crippen molar-refractivity contribution in [3.8, 4) is 17.0 Å². The number of aromatic nitrogens is 3. The lowest BCUT2D eigenvalue weighted by Gasteiger charge is -2.39. The largest absolute Gasteiger partial charge is 0.495 e. The maximum atomic E-state index is 13.6. The average molecular weight is 514 g/mol. The lowest BCUT2D eigenvalue weighted by atomic mass is 9.95. The zero-order valence-electron chi connectivity index (χ0n) is 21.1. The lowest BCUT2D eigenvalue weighted by Crippen LogP contribution is -2.53. The number of ether oxygens (including phenoxy) is 2. The van der Waals surface area contributed by atoms with Crippen LogP contribution in [0.5, 0.6) is 5.75 Å². The topological polar surface area (TPSA) is 113 Å². The van der Waals surface area contributed by atoms with E-state index in [9.17, 15) is 19.4 Å². The van der Waals surface area contributed by atoms with Crippen molar-refractivity contribution in [3.05, 3.63) is 60.5 Å². The predicted molar refractivity (Wildman–Crippen MR) is 135 cm³/mol. The lowest BCUT2D eigenvalue weighted by molar-refractivity contribution is -0.177. The molecule has 1 amide bonds. The van der Waals surface area contributed by atoms with E-state index in [1.807, 2.05) is 36.2 Å². The van der Waals surface area contributed by atoms with Gasteiger partial charge in [-0.25, -0.2) is 9.07 Å². The van der Waals surface area contributed by atoms with Crippen LogP contribution < -0.4 is 9.64 Å². The molecule has 4 atom stereocenters. The second-order valence-electron chi connectivity index (χ2n) is 9.09. The molecule has 1 aromatic heterocycles. The molecule has 198 valence electrons. The van der Waals surface area contributed by atoms with Crippen LogP contribution in [0.1, 0.15) is 12.5 Å². The van der Waals surface area contributed by atoms with Crippen LogP contribution in [0.15, 0.2) is 54.7 Å². The van der Waals surface area contributed by atoms with Crippen molar-refractivity contribution in [2.75, 3.05) is 45.8 Å². The maximum absolute atomic E-state index is 13.6. The molecule has 37 heavy (non-hydrogen) atoms. The molecule has 1 aliphatic rings. The van der Waals surface area contributed by atoms with E-state index in [0.717, 1.165) is 11.4 Å². The van der Waals surface area contributed by atoms with Gasteiger partial charge < -0.3 is 29.5 Å². The third-order valence-corrected chi connectivity index (χ3v) is 6.64. The molecule has 0 aliphatic carbocycles. The fraction of sp³-hybridized carbons (Fsp3) is 0.423. The molecule has 2 heterocycles. The van der Waals surface area contributed by atoms with Crippen molar-refractivity contribution >= 4 is 11.6 Å². The number of methoxy groups -OCH3 is 1. The Hall–Kier alpha value is -3.54. The van der Waals surface area contributed by atoms with Crippen molar-refractivity contribution in [2.45, 2.75) is 30.8 Å². The van der Waals surface area contributed by atoms with Crippen LogP contribution in [0.3, 0.4) is 0 Å². The molecule has 1 saturated heterocycles. The van der Waals surface area contributed by atoms with E-state index in [0.29, 0.717) is 24.3 Å². The fourth-order valence-corrected chi connectivity index (χ4v) is 4.47. The Morgan fingerprint density at radius 1 is 1.22 bits per heavy atom. The number of carbonyl (C=O) groups excluding carboxylic acids is 1. The first kappa shape index (κ1) is 26.5. The molecule has 1 aliphatic heterocycles. The van der Waals surface area contributed by atoms with Crippen LogP contribution in [0.25, 0.3) is 11.3 Å². The maximum Gasteiger partial charge on any atom is 0.251 e. The Kier molecular flexibility index (Phi) is 8.37. The highest BCUT2D eigenvalue weighted by Crippen LogP contribution is 2.31. The van der Waals surface area contributed by atoms with Gasteiger partial charge in [-0.1, -0.05) is 29.5 Å². The zero-order valence-corrected chi connectivity index (χ0v) is 21.1. The summed E-state index contributed by atoms with van der Waals surface area (Å²) in [6.45, 7) is 0.495. The first-order valence-electron chi connectivity index (χ1n) is 12.0. The van der Waals surface area contributed by atoms with Gasteiger partial charge in [0.25, 0.3) is 5.91 Å². The summed E-state index contributed by atoms with van der Waals surface area (Å²) in [5.74, 6) is 0.0699. The van der Waals surface area contributed by atoms with Gasteiger partial charge in [-0.2, -0.15) is 0 Å². The third kappa shape index (κ3) is 5.90. The summed E-state index contributed by atoms with van der Waals surface area (Å²) in [6.07, 6.45) is -1.25. The summed E-state index contributed by atoms with van der Waals surface area (Å²) < 4.78 is 26.3.